The van der Waals surface area contributed by atoms with Gasteiger partial charge in [0.15, 0.2) is 0 Å². The zero-order valence-corrected chi connectivity index (χ0v) is 11.7. The van der Waals surface area contributed by atoms with Crippen LogP contribution in [0.3, 0.4) is 0 Å². The summed E-state index contributed by atoms with van der Waals surface area (Å²) in [6, 6.07) is 4.37. The molecule has 1 aromatic heterocycles. The van der Waals surface area contributed by atoms with Crippen molar-refractivity contribution in [2.24, 2.45) is 0 Å². The molecule has 4 nitrogen and oxygen atoms in total. The number of anilines is 1. The average molecular weight is 282 g/mol. The van der Waals surface area contributed by atoms with Crippen LogP contribution in [0.2, 0.25) is 5.02 Å². The first kappa shape index (κ1) is 14.3. The normalized spacial score (nSPS) is 14.4. The highest BCUT2D eigenvalue weighted by atomic mass is 35.5. The smallest absolute Gasteiger partial charge is 0.129 e. The lowest BCUT2D eigenvalue weighted by molar-refractivity contribution is 0.302. The first-order valence-electron chi connectivity index (χ1n) is 6.60. The number of aliphatic hydroxyl groups excluding tert-OH is 1. The number of aliphatic hydroxyl groups is 1. The molecule has 0 aromatic carbocycles. The Morgan fingerprint density at radius 1 is 1.53 bits per heavy atom. The molecular weight excluding hydrogens is 262 g/mol. The molecule has 0 bridgehead atoms. The molecule has 2 rings (SSSR count). The quantitative estimate of drug-likeness (QED) is 0.716. The van der Waals surface area contributed by atoms with Crippen molar-refractivity contribution in [2.75, 3.05) is 24.6 Å². The van der Waals surface area contributed by atoms with Crippen LogP contribution in [0.1, 0.15) is 18.5 Å². The van der Waals surface area contributed by atoms with Crippen molar-refractivity contribution in [1.82, 2.24) is 10.3 Å². The molecule has 0 spiro atoms. The number of aromatic nitrogens is 1. The van der Waals surface area contributed by atoms with Crippen LogP contribution in [-0.2, 0) is 6.54 Å². The molecular formula is C14H20ClN3O. The zero-order chi connectivity index (χ0) is 13.7. The maximum atomic E-state index is 9.09. The topological polar surface area (TPSA) is 48.4 Å². The Morgan fingerprint density at radius 3 is 2.95 bits per heavy atom. The maximum Gasteiger partial charge on any atom is 0.129 e. The average Bonchev–Trinajstić information content (AvgIpc) is 3.22. The molecule has 2 N–H and O–H groups in total. The monoisotopic (exact) mass is 281 g/mol. The van der Waals surface area contributed by atoms with Gasteiger partial charge in [0, 0.05) is 25.7 Å². The van der Waals surface area contributed by atoms with Crippen molar-refractivity contribution in [1.29, 1.82) is 0 Å². The highest BCUT2D eigenvalue weighted by Gasteiger charge is 2.21. The molecule has 0 aliphatic heterocycles. The number of halogens is 1. The van der Waals surface area contributed by atoms with Crippen LogP contribution >= 0.6 is 11.6 Å². The third kappa shape index (κ3) is 4.20. The number of nitrogens with zero attached hydrogens (tertiary/aromatic N) is 2. The minimum absolute atomic E-state index is 0.0911. The molecule has 1 aliphatic rings. The van der Waals surface area contributed by atoms with Gasteiger partial charge in [-0.2, -0.15) is 0 Å². The van der Waals surface area contributed by atoms with Crippen LogP contribution in [-0.4, -0.2) is 35.8 Å². The lowest BCUT2D eigenvalue weighted by Crippen LogP contribution is -2.28. The predicted octanol–water partition coefficient (Wildman–Crippen LogP) is 1.97. The number of nitrogens with one attached hydrogen (secondary N) is 1. The molecule has 0 atom stereocenters. The molecule has 1 aromatic rings. The van der Waals surface area contributed by atoms with Gasteiger partial charge in [0.25, 0.3) is 0 Å². The SMILES string of the molecule is C=CCN(CCO)c1ccc(Cl)c(CNC2CC2)n1. The Balaban J connectivity index is 2.09. The summed E-state index contributed by atoms with van der Waals surface area (Å²) in [6.45, 7) is 5.71. The number of hydrogen-bond acceptors (Lipinski definition) is 4. The second-order valence-corrected chi connectivity index (χ2v) is 5.12. The van der Waals surface area contributed by atoms with Gasteiger partial charge < -0.3 is 15.3 Å². The molecule has 104 valence electrons. The van der Waals surface area contributed by atoms with Gasteiger partial charge in [0.1, 0.15) is 5.82 Å². The van der Waals surface area contributed by atoms with Crippen LogP contribution in [0.15, 0.2) is 24.8 Å². The van der Waals surface area contributed by atoms with Crippen LogP contribution in [0.5, 0.6) is 0 Å². The molecule has 1 aliphatic carbocycles. The van der Waals surface area contributed by atoms with Crippen molar-refractivity contribution in [3.63, 3.8) is 0 Å². The Bertz CT molecular complexity index is 435. The fourth-order valence-electron chi connectivity index (χ4n) is 1.88. The first-order chi connectivity index (χ1) is 9.24. The molecule has 0 unspecified atom stereocenters. The van der Waals surface area contributed by atoms with Gasteiger partial charge in [-0.25, -0.2) is 4.98 Å². The number of rotatable bonds is 8. The minimum Gasteiger partial charge on any atom is -0.395 e. The Labute approximate surface area is 119 Å². The largest absolute Gasteiger partial charge is 0.395 e. The van der Waals surface area contributed by atoms with E-state index in [0.29, 0.717) is 30.7 Å². The lowest BCUT2D eigenvalue weighted by atomic mass is 10.3. The summed E-state index contributed by atoms with van der Waals surface area (Å²) in [5, 5.41) is 13.2. The van der Waals surface area contributed by atoms with E-state index in [9.17, 15) is 0 Å². The number of pyridine rings is 1. The van der Waals surface area contributed by atoms with Gasteiger partial charge in [0.05, 0.1) is 17.3 Å². The third-order valence-corrected chi connectivity index (χ3v) is 3.43. The summed E-state index contributed by atoms with van der Waals surface area (Å²) in [5.41, 5.74) is 0.859. The van der Waals surface area contributed by atoms with Crippen molar-refractivity contribution in [2.45, 2.75) is 25.4 Å². The van der Waals surface area contributed by atoms with Gasteiger partial charge >= 0.3 is 0 Å². The van der Waals surface area contributed by atoms with Crippen LogP contribution in [0.25, 0.3) is 0 Å². The molecule has 1 saturated carbocycles. The van der Waals surface area contributed by atoms with E-state index in [1.807, 2.05) is 17.0 Å². The van der Waals surface area contributed by atoms with Gasteiger partial charge in [-0.3, -0.25) is 0 Å². The van der Waals surface area contributed by atoms with E-state index >= 15 is 0 Å². The van der Waals surface area contributed by atoms with Gasteiger partial charge in [-0.1, -0.05) is 17.7 Å². The van der Waals surface area contributed by atoms with Crippen molar-refractivity contribution in [3.8, 4) is 0 Å². The van der Waals surface area contributed by atoms with Crippen molar-refractivity contribution < 1.29 is 5.11 Å². The summed E-state index contributed by atoms with van der Waals surface area (Å²) in [6.07, 6.45) is 4.28. The summed E-state index contributed by atoms with van der Waals surface area (Å²) in [7, 11) is 0. The summed E-state index contributed by atoms with van der Waals surface area (Å²) in [4.78, 5) is 6.56. The number of hydrogen-bond donors (Lipinski definition) is 2. The van der Waals surface area contributed by atoms with E-state index in [1.165, 1.54) is 12.8 Å². The molecule has 0 amide bonds. The minimum atomic E-state index is 0.0911. The fraction of sp³-hybridized carbons (Fsp3) is 0.500. The zero-order valence-electron chi connectivity index (χ0n) is 11.0. The fourth-order valence-corrected chi connectivity index (χ4v) is 2.05. The van der Waals surface area contributed by atoms with Gasteiger partial charge in [0.2, 0.25) is 0 Å². The van der Waals surface area contributed by atoms with E-state index in [2.05, 4.69) is 16.9 Å². The van der Waals surface area contributed by atoms with Gasteiger partial charge in [-0.15, -0.1) is 6.58 Å². The maximum absolute atomic E-state index is 9.09. The predicted molar refractivity (Wildman–Crippen MR) is 78.6 cm³/mol. The second kappa shape index (κ2) is 6.89. The molecule has 0 saturated heterocycles. The lowest BCUT2D eigenvalue weighted by Gasteiger charge is -2.22. The van der Waals surface area contributed by atoms with E-state index in [0.717, 1.165) is 11.5 Å². The molecule has 0 radical (unpaired) electrons. The van der Waals surface area contributed by atoms with Crippen molar-refractivity contribution >= 4 is 17.4 Å². The molecule has 19 heavy (non-hydrogen) atoms. The standard InChI is InChI=1S/C14H20ClN3O/c1-2-7-18(8-9-19)14-6-5-12(15)13(17-14)10-16-11-3-4-11/h2,5-6,11,16,19H,1,3-4,7-10H2. The Hall–Kier alpha value is -1.10. The Morgan fingerprint density at radius 2 is 2.32 bits per heavy atom. The Kier molecular flexibility index (Phi) is 5.19. The highest BCUT2D eigenvalue weighted by molar-refractivity contribution is 6.31. The van der Waals surface area contributed by atoms with E-state index < -0.39 is 0 Å². The van der Waals surface area contributed by atoms with Crippen LogP contribution < -0.4 is 10.2 Å². The summed E-state index contributed by atoms with van der Waals surface area (Å²) >= 11 is 6.17. The molecule has 5 heteroatoms. The molecule has 1 fully saturated rings. The van der Waals surface area contributed by atoms with E-state index in [4.69, 9.17) is 16.7 Å². The van der Waals surface area contributed by atoms with Gasteiger partial charge in [-0.05, 0) is 25.0 Å². The third-order valence-electron chi connectivity index (χ3n) is 3.08. The molecule has 1 heterocycles. The van der Waals surface area contributed by atoms with E-state index in [-0.39, 0.29) is 6.61 Å². The van der Waals surface area contributed by atoms with Crippen LogP contribution in [0, 0.1) is 0 Å². The van der Waals surface area contributed by atoms with E-state index in [1.54, 1.807) is 6.08 Å². The first-order valence-corrected chi connectivity index (χ1v) is 6.98. The van der Waals surface area contributed by atoms with Crippen LogP contribution in [0.4, 0.5) is 5.82 Å². The second-order valence-electron chi connectivity index (χ2n) is 4.71. The summed E-state index contributed by atoms with van der Waals surface area (Å²) in [5.74, 6) is 0.825. The highest BCUT2D eigenvalue weighted by Crippen LogP contribution is 2.22. The van der Waals surface area contributed by atoms with Crippen molar-refractivity contribution in [3.05, 3.63) is 35.5 Å². The summed E-state index contributed by atoms with van der Waals surface area (Å²) < 4.78 is 0.